The van der Waals surface area contributed by atoms with Crippen LogP contribution in [0.25, 0.3) is 0 Å². The highest BCUT2D eigenvalue weighted by molar-refractivity contribution is 7.71. The van der Waals surface area contributed by atoms with Gasteiger partial charge in [0.1, 0.15) is 0 Å². The van der Waals surface area contributed by atoms with Crippen LogP contribution in [-0.2, 0) is 0 Å². The molecule has 0 bridgehead atoms. The largest absolute Gasteiger partial charge is 0.337 e. The van der Waals surface area contributed by atoms with Crippen LogP contribution in [0.5, 0.6) is 0 Å². The van der Waals surface area contributed by atoms with E-state index in [1.165, 1.54) is 25.0 Å². The third kappa shape index (κ3) is 0.904. The van der Waals surface area contributed by atoms with Crippen molar-refractivity contribution in [1.82, 2.24) is 9.97 Å². The Hall–Kier alpha value is -0.570. The lowest BCUT2D eigenvalue weighted by Crippen LogP contribution is -2.08. The summed E-state index contributed by atoms with van der Waals surface area (Å²) in [5.41, 5.74) is 1.29. The SMILES string of the molecule is S=c1[nH]cc(C2CCC2)[nH]1. The van der Waals surface area contributed by atoms with E-state index in [9.17, 15) is 0 Å². The zero-order chi connectivity index (χ0) is 6.97. The maximum absolute atomic E-state index is 4.91. The molecule has 0 spiro atoms. The van der Waals surface area contributed by atoms with Crippen molar-refractivity contribution in [3.8, 4) is 0 Å². The quantitative estimate of drug-likeness (QED) is 0.598. The minimum Gasteiger partial charge on any atom is -0.337 e. The number of imidazole rings is 1. The fraction of sp³-hybridized carbons (Fsp3) is 0.571. The van der Waals surface area contributed by atoms with Gasteiger partial charge in [0.2, 0.25) is 0 Å². The van der Waals surface area contributed by atoms with Gasteiger partial charge < -0.3 is 9.97 Å². The molecular formula is C7H10N2S. The van der Waals surface area contributed by atoms with Crippen molar-refractivity contribution in [1.29, 1.82) is 0 Å². The molecule has 0 unspecified atom stereocenters. The second kappa shape index (κ2) is 2.23. The molecule has 1 fully saturated rings. The maximum atomic E-state index is 4.91. The highest BCUT2D eigenvalue weighted by atomic mass is 32.1. The summed E-state index contributed by atoms with van der Waals surface area (Å²) in [6, 6.07) is 0. The van der Waals surface area contributed by atoms with Crippen molar-refractivity contribution >= 4 is 12.2 Å². The molecule has 2 rings (SSSR count). The van der Waals surface area contributed by atoms with Crippen molar-refractivity contribution < 1.29 is 0 Å². The summed E-state index contributed by atoms with van der Waals surface area (Å²) in [6.45, 7) is 0. The van der Waals surface area contributed by atoms with Gasteiger partial charge in [0, 0.05) is 17.8 Å². The number of H-pyrrole nitrogens is 2. The van der Waals surface area contributed by atoms with Gasteiger partial charge in [-0.05, 0) is 25.1 Å². The maximum Gasteiger partial charge on any atom is 0.174 e. The summed E-state index contributed by atoms with van der Waals surface area (Å²) in [4.78, 5) is 6.11. The molecule has 1 aliphatic rings. The lowest BCUT2D eigenvalue weighted by molar-refractivity contribution is 0.412. The fourth-order valence-corrected chi connectivity index (χ4v) is 1.46. The van der Waals surface area contributed by atoms with Crippen LogP contribution >= 0.6 is 12.2 Å². The number of nitrogens with one attached hydrogen (secondary N) is 2. The second-order valence-electron chi connectivity index (χ2n) is 2.83. The van der Waals surface area contributed by atoms with Gasteiger partial charge in [-0.2, -0.15) is 0 Å². The van der Waals surface area contributed by atoms with E-state index < -0.39 is 0 Å². The van der Waals surface area contributed by atoms with E-state index in [0.29, 0.717) is 0 Å². The molecule has 10 heavy (non-hydrogen) atoms. The predicted octanol–water partition coefficient (Wildman–Crippen LogP) is 2.34. The number of hydrogen-bond acceptors (Lipinski definition) is 1. The molecule has 0 atom stereocenters. The highest BCUT2D eigenvalue weighted by Crippen LogP contribution is 2.34. The van der Waals surface area contributed by atoms with Crippen molar-refractivity contribution in [3.63, 3.8) is 0 Å². The summed E-state index contributed by atoms with van der Waals surface area (Å²) >= 11 is 4.91. The predicted molar refractivity (Wildman–Crippen MR) is 42.6 cm³/mol. The molecule has 0 aliphatic heterocycles. The Morgan fingerprint density at radius 3 is 2.70 bits per heavy atom. The standard InChI is InChI=1S/C7H10N2S/c10-7-8-4-6(9-7)5-2-1-3-5/h4-5H,1-3H2,(H2,8,9,10). The molecule has 2 N–H and O–H groups in total. The average molecular weight is 154 g/mol. The third-order valence-electron chi connectivity index (χ3n) is 2.16. The van der Waals surface area contributed by atoms with E-state index in [0.717, 1.165) is 10.7 Å². The van der Waals surface area contributed by atoms with E-state index in [1.54, 1.807) is 0 Å². The number of aromatic nitrogens is 2. The third-order valence-corrected chi connectivity index (χ3v) is 2.38. The molecule has 0 amide bonds. The number of aromatic amines is 2. The molecule has 1 aliphatic carbocycles. The van der Waals surface area contributed by atoms with Crippen LogP contribution in [-0.4, -0.2) is 9.97 Å². The molecule has 54 valence electrons. The van der Waals surface area contributed by atoms with Gasteiger partial charge in [-0.3, -0.25) is 0 Å². The second-order valence-corrected chi connectivity index (χ2v) is 3.23. The Kier molecular flexibility index (Phi) is 1.38. The molecule has 2 nitrogen and oxygen atoms in total. The Bertz CT molecular complexity index is 269. The lowest BCUT2D eigenvalue weighted by atomic mass is 9.83. The van der Waals surface area contributed by atoms with Crippen molar-refractivity contribution in [3.05, 3.63) is 16.7 Å². The molecule has 1 aromatic rings. The minimum absolute atomic E-state index is 0.752. The zero-order valence-electron chi connectivity index (χ0n) is 5.68. The van der Waals surface area contributed by atoms with Crippen LogP contribution < -0.4 is 0 Å². The molecule has 1 saturated carbocycles. The number of rotatable bonds is 1. The van der Waals surface area contributed by atoms with Crippen molar-refractivity contribution in [2.24, 2.45) is 0 Å². The van der Waals surface area contributed by atoms with E-state index in [-0.39, 0.29) is 0 Å². The molecule has 1 heterocycles. The van der Waals surface area contributed by atoms with Crippen LogP contribution in [0, 0.1) is 4.77 Å². The molecular weight excluding hydrogens is 144 g/mol. The molecule has 0 aromatic carbocycles. The Morgan fingerprint density at radius 1 is 1.50 bits per heavy atom. The highest BCUT2D eigenvalue weighted by Gasteiger charge is 2.19. The normalized spacial score (nSPS) is 18.8. The van der Waals surface area contributed by atoms with Crippen LogP contribution in [0.15, 0.2) is 6.20 Å². The van der Waals surface area contributed by atoms with Crippen LogP contribution in [0.2, 0.25) is 0 Å². The molecule has 0 saturated heterocycles. The molecule has 3 heteroatoms. The van der Waals surface area contributed by atoms with Gasteiger partial charge in [-0.25, -0.2) is 0 Å². The van der Waals surface area contributed by atoms with Gasteiger partial charge >= 0.3 is 0 Å². The Labute approximate surface area is 64.7 Å². The summed E-state index contributed by atoms with van der Waals surface area (Å²) < 4.78 is 0.752. The zero-order valence-corrected chi connectivity index (χ0v) is 6.50. The van der Waals surface area contributed by atoms with Crippen molar-refractivity contribution in [2.45, 2.75) is 25.2 Å². The first-order chi connectivity index (χ1) is 4.86. The van der Waals surface area contributed by atoms with Gasteiger partial charge in [-0.1, -0.05) is 6.42 Å². The average Bonchev–Trinajstić information content (AvgIpc) is 2.10. The van der Waals surface area contributed by atoms with Gasteiger partial charge in [0.05, 0.1) is 0 Å². The van der Waals surface area contributed by atoms with Crippen LogP contribution in [0.3, 0.4) is 0 Å². The van der Waals surface area contributed by atoms with Crippen molar-refractivity contribution in [2.75, 3.05) is 0 Å². The first-order valence-electron chi connectivity index (χ1n) is 3.64. The molecule has 0 radical (unpaired) electrons. The first-order valence-corrected chi connectivity index (χ1v) is 4.04. The molecule has 1 aromatic heterocycles. The Morgan fingerprint density at radius 2 is 2.30 bits per heavy atom. The van der Waals surface area contributed by atoms with Crippen LogP contribution in [0.4, 0.5) is 0 Å². The monoisotopic (exact) mass is 154 g/mol. The van der Waals surface area contributed by atoms with E-state index in [4.69, 9.17) is 12.2 Å². The smallest absolute Gasteiger partial charge is 0.174 e. The topological polar surface area (TPSA) is 31.6 Å². The number of hydrogen-bond donors (Lipinski definition) is 2. The Balaban J connectivity index is 2.25. The van der Waals surface area contributed by atoms with E-state index in [1.807, 2.05) is 6.20 Å². The van der Waals surface area contributed by atoms with E-state index in [2.05, 4.69) is 9.97 Å². The van der Waals surface area contributed by atoms with Crippen LogP contribution in [0.1, 0.15) is 30.9 Å². The fourth-order valence-electron chi connectivity index (χ4n) is 1.29. The first kappa shape index (κ1) is 6.16. The van der Waals surface area contributed by atoms with E-state index >= 15 is 0 Å². The minimum atomic E-state index is 0.752. The lowest BCUT2D eigenvalue weighted by Gasteiger charge is -2.23. The summed E-state index contributed by atoms with van der Waals surface area (Å²) in [5.74, 6) is 0.757. The van der Waals surface area contributed by atoms with Gasteiger partial charge in [-0.15, -0.1) is 0 Å². The summed E-state index contributed by atoms with van der Waals surface area (Å²) in [5, 5.41) is 0. The summed E-state index contributed by atoms with van der Waals surface area (Å²) in [6.07, 6.45) is 6.01. The van der Waals surface area contributed by atoms with Gasteiger partial charge in [0.15, 0.2) is 4.77 Å². The summed E-state index contributed by atoms with van der Waals surface area (Å²) in [7, 11) is 0. The van der Waals surface area contributed by atoms with Gasteiger partial charge in [0.25, 0.3) is 0 Å².